The topological polar surface area (TPSA) is 118 Å². The van der Waals surface area contributed by atoms with Crippen molar-refractivity contribution in [1.82, 2.24) is 14.9 Å². The molecule has 156 valence electrons. The van der Waals surface area contributed by atoms with E-state index in [2.05, 4.69) is 20.2 Å². The number of benzene rings is 1. The summed E-state index contributed by atoms with van der Waals surface area (Å²) >= 11 is 0. The van der Waals surface area contributed by atoms with E-state index in [1.54, 1.807) is 12.1 Å². The van der Waals surface area contributed by atoms with Gasteiger partial charge in [-0.3, -0.25) is 10.1 Å². The van der Waals surface area contributed by atoms with E-state index < -0.39 is 14.8 Å². The van der Waals surface area contributed by atoms with Crippen LogP contribution in [0.15, 0.2) is 30.3 Å². The van der Waals surface area contributed by atoms with Gasteiger partial charge in [0.25, 0.3) is 5.69 Å². The molecule has 1 saturated heterocycles. The molecule has 1 fully saturated rings. The molecule has 9 nitrogen and oxygen atoms in total. The molecule has 0 unspecified atom stereocenters. The number of likely N-dealkylation sites (tertiary alicyclic amines) is 1. The number of hydrogen-bond donors (Lipinski definition) is 1. The fourth-order valence-electron chi connectivity index (χ4n) is 3.34. The smallest absolute Gasteiger partial charge is 0.270 e. The molecular weight excluding hydrogens is 394 g/mol. The highest BCUT2D eigenvalue weighted by Crippen LogP contribution is 2.23. The van der Waals surface area contributed by atoms with Crippen LogP contribution in [-0.4, -0.2) is 65.9 Å². The van der Waals surface area contributed by atoms with Gasteiger partial charge in [-0.15, -0.1) is 0 Å². The van der Waals surface area contributed by atoms with Crippen molar-refractivity contribution in [3.05, 3.63) is 46.1 Å². The van der Waals surface area contributed by atoms with Crippen LogP contribution >= 0.6 is 0 Å². The first kappa shape index (κ1) is 21.1. The van der Waals surface area contributed by atoms with Crippen molar-refractivity contribution in [1.29, 1.82) is 0 Å². The summed E-state index contributed by atoms with van der Waals surface area (Å²) in [6, 6.07) is 8.38. The van der Waals surface area contributed by atoms with Crippen molar-refractivity contribution in [2.75, 3.05) is 37.0 Å². The molecule has 0 atom stereocenters. The number of aryl methyl sites for hydroxylation is 1. The molecule has 0 radical (unpaired) electrons. The lowest BCUT2D eigenvalue weighted by atomic mass is 10.1. The zero-order valence-electron chi connectivity index (χ0n) is 16.5. The molecule has 1 aliphatic heterocycles. The van der Waals surface area contributed by atoms with Crippen LogP contribution in [-0.2, 0) is 9.84 Å². The highest BCUT2D eigenvalue weighted by atomic mass is 32.2. The first-order valence-electron chi connectivity index (χ1n) is 9.47. The monoisotopic (exact) mass is 419 g/mol. The summed E-state index contributed by atoms with van der Waals surface area (Å²) in [4.78, 5) is 21.7. The van der Waals surface area contributed by atoms with Crippen molar-refractivity contribution in [2.45, 2.75) is 25.8 Å². The second-order valence-electron chi connectivity index (χ2n) is 7.42. The number of nitrogens with one attached hydrogen (secondary N) is 1. The number of hydrogen-bond acceptors (Lipinski definition) is 8. The third-order valence-corrected chi connectivity index (χ3v) is 5.81. The summed E-state index contributed by atoms with van der Waals surface area (Å²) < 4.78 is 22.7. The Morgan fingerprint density at radius 3 is 2.62 bits per heavy atom. The molecular formula is C19H25N5O4S. The summed E-state index contributed by atoms with van der Waals surface area (Å²) in [6.45, 7) is 4.08. The first-order chi connectivity index (χ1) is 13.7. The summed E-state index contributed by atoms with van der Waals surface area (Å²) in [5, 5.41) is 14.5. The van der Waals surface area contributed by atoms with E-state index in [4.69, 9.17) is 0 Å². The lowest BCUT2D eigenvalue weighted by Crippen LogP contribution is -2.41. The summed E-state index contributed by atoms with van der Waals surface area (Å²) in [5.41, 5.74) is 1.37. The van der Waals surface area contributed by atoms with Crippen LogP contribution in [0.2, 0.25) is 0 Å². The number of non-ortho nitro benzene ring substituents is 1. The quantitative estimate of drug-likeness (QED) is 0.536. The Kier molecular flexibility index (Phi) is 6.43. The van der Waals surface area contributed by atoms with Crippen LogP contribution in [0.3, 0.4) is 0 Å². The molecule has 0 spiro atoms. The Bertz CT molecular complexity index is 988. The maximum atomic E-state index is 11.3. The third kappa shape index (κ3) is 6.20. The number of anilines is 1. The molecule has 0 aliphatic carbocycles. The van der Waals surface area contributed by atoms with Gasteiger partial charge in [-0.2, -0.15) is 0 Å². The number of rotatable bonds is 7. The molecule has 29 heavy (non-hydrogen) atoms. The van der Waals surface area contributed by atoms with E-state index in [9.17, 15) is 18.5 Å². The van der Waals surface area contributed by atoms with E-state index in [-0.39, 0.29) is 17.5 Å². The van der Waals surface area contributed by atoms with E-state index in [0.29, 0.717) is 23.8 Å². The Balaban J connectivity index is 1.65. The number of nitrogens with zero attached hydrogens (tertiary/aromatic N) is 4. The van der Waals surface area contributed by atoms with Gasteiger partial charge in [0.1, 0.15) is 15.7 Å². The minimum Gasteiger partial charge on any atom is -0.367 e. The lowest BCUT2D eigenvalue weighted by molar-refractivity contribution is -0.384. The minimum absolute atomic E-state index is 0.00332. The largest absolute Gasteiger partial charge is 0.367 e. The fraction of sp³-hybridized carbons (Fsp3) is 0.474. The van der Waals surface area contributed by atoms with Crippen LogP contribution in [0.5, 0.6) is 0 Å². The standard InChI is InChI=1S/C19H25N5O4S/c1-14-12-18(21-16-6-8-23(9-7-16)10-11-29(2,27)28)22-19(20-14)15-4-3-5-17(13-15)24(25)26/h3-5,12-13,16H,6-11H2,1-2H3,(H,20,21,22). The second kappa shape index (κ2) is 8.83. The second-order valence-corrected chi connectivity index (χ2v) is 9.68. The molecule has 3 rings (SSSR count). The van der Waals surface area contributed by atoms with Crippen molar-refractivity contribution < 1.29 is 13.3 Å². The SMILES string of the molecule is Cc1cc(NC2CCN(CCS(C)(=O)=O)CC2)nc(-c2cccc([N+](=O)[O-])c2)n1. The lowest BCUT2D eigenvalue weighted by Gasteiger charge is -2.32. The summed E-state index contributed by atoms with van der Waals surface area (Å²) in [7, 11) is -2.95. The van der Waals surface area contributed by atoms with Crippen LogP contribution in [0.1, 0.15) is 18.5 Å². The van der Waals surface area contributed by atoms with Gasteiger partial charge >= 0.3 is 0 Å². The predicted octanol–water partition coefficient (Wildman–Crippen LogP) is 2.28. The average Bonchev–Trinajstić information content (AvgIpc) is 2.66. The molecule has 0 amide bonds. The normalized spacial score (nSPS) is 15.9. The number of aromatic nitrogens is 2. The Labute approximate surface area is 170 Å². The van der Waals surface area contributed by atoms with Gasteiger partial charge < -0.3 is 10.2 Å². The maximum absolute atomic E-state index is 11.3. The van der Waals surface area contributed by atoms with Crippen molar-refractivity contribution >= 4 is 21.3 Å². The molecule has 0 bridgehead atoms. The molecule has 1 aromatic heterocycles. The molecule has 2 heterocycles. The van der Waals surface area contributed by atoms with Gasteiger partial charge in [0.05, 0.1) is 10.7 Å². The van der Waals surface area contributed by atoms with Crippen LogP contribution < -0.4 is 5.32 Å². The Morgan fingerprint density at radius 2 is 1.97 bits per heavy atom. The highest BCUT2D eigenvalue weighted by Gasteiger charge is 2.20. The number of nitro benzene ring substituents is 1. The predicted molar refractivity (Wildman–Crippen MR) is 112 cm³/mol. The van der Waals surface area contributed by atoms with Crippen LogP contribution in [0.4, 0.5) is 11.5 Å². The van der Waals surface area contributed by atoms with Gasteiger partial charge in [-0.25, -0.2) is 18.4 Å². The van der Waals surface area contributed by atoms with E-state index in [0.717, 1.165) is 31.6 Å². The third-order valence-electron chi connectivity index (χ3n) is 4.89. The van der Waals surface area contributed by atoms with Gasteiger partial charge in [-0.1, -0.05) is 12.1 Å². The van der Waals surface area contributed by atoms with Crippen molar-refractivity contribution in [2.24, 2.45) is 0 Å². The molecule has 10 heteroatoms. The first-order valence-corrected chi connectivity index (χ1v) is 11.5. The van der Waals surface area contributed by atoms with Gasteiger partial charge in [0.2, 0.25) is 0 Å². The number of piperidine rings is 1. The zero-order chi connectivity index (χ0) is 21.0. The van der Waals surface area contributed by atoms with Crippen LogP contribution in [0.25, 0.3) is 11.4 Å². The van der Waals surface area contributed by atoms with Gasteiger partial charge in [0, 0.05) is 61.4 Å². The fourth-order valence-corrected chi connectivity index (χ4v) is 3.92. The van der Waals surface area contributed by atoms with E-state index in [1.165, 1.54) is 18.4 Å². The van der Waals surface area contributed by atoms with E-state index in [1.807, 2.05) is 13.0 Å². The number of sulfone groups is 1. The molecule has 0 saturated carbocycles. The van der Waals surface area contributed by atoms with Crippen molar-refractivity contribution in [3.8, 4) is 11.4 Å². The Morgan fingerprint density at radius 1 is 1.24 bits per heavy atom. The molecule has 1 aromatic carbocycles. The van der Waals surface area contributed by atoms with E-state index >= 15 is 0 Å². The number of nitro groups is 1. The summed E-state index contributed by atoms with van der Waals surface area (Å²) in [6.07, 6.45) is 3.04. The maximum Gasteiger partial charge on any atom is 0.270 e. The van der Waals surface area contributed by atoms with Gasteiger partial charge in [0.15, 0.2) is 5.82 Å². The average molecular weight is 420 g/mol. The molecule has 1 aliphatic rings. The molecule has 2 aromatic rings. The van der Waals surface area contributed by atoms with Crippen LogP contribution in [0, 0.1) is 17.0 Å². The Hall–Kier alpha value is -2.59. The molecule has 1 N–H and O–H groups in total. The van der Waals surface area contributed by atoms with Gasteiger partial charge in [-0.05, 0) is 19.8 Å². The highest BCUT2D eigenvalue weighted by molar-refractivity contribution is 7.90. The zero-order valence-corrected chi connectivity index (χ0v) is 17.4. The van der Waals surface area contributed by atoms with Crippen molar-refractivity contribution in [3.63, 3.8) is 0 Å². The minimum atomic E-state index is -2.95. The summed E-state index contributed by atoms with van der Waals surface area (Å²) in [5.74, 6) is 1.32.